The molecule has 0 N–H and O–H groups in total. The van der Waals surface area contributed by atoms with E-state index in [2.05, 4.69) is 12.1 Å². The Bertz CT molecular complexity index is 450. The molecule has 3 heteroatoms. The van der Waals surface area contributed by atoms with E-state index in [-0.39, 0.29) is 11.6 Å². The Morgan fingerprint density at radius 3 is 2.21 bits per heavy atom. The Kier molecular flexibility index (Phi) is 3.68. The van der Waals surface area contributed by atoms with Crippen LogP contribution in [0.5, 0.6) is 0 Å². The van der Waals surface area contributed by atoms with Gasteiger partial charge >= 0.3 is 5.97 Å². The van der Waals surface area contributed by atoms with Crippen LogP contribution in [0, 0.1) is 0 Å². The maximum absolute atomic E-state index is 11.7. The number of hydrogen-bond acceptors (Lipinski definition) is 3. The molecule has 1 aliphatic rings. The van der Waals surface area contributed by atoms with Crippen molar-refractivity contribution < 1.29 is 14.3 Å². The van der Waals surface area contributed by atoms with E-state index in [1.807, 2.05) is 32.9 Å². The van der Waals surface area contributed by atoms with Gasteiger partial charge in [0.25, 0.3) is 0 Å². The van der Waals surface area contributed by atoms with Gasteiger partial charge in [-0.1, -0.05) is 24.3 Å². The van der Waals surface area contributed by atoms with Crippen LogP contribution >= 0.6 is 0 Å². The molecule has 0 amide bonds. The quantitative estimate of drug-likeness (QED) is 0.782. The van der Waals surface area contributed by atoms with E-state index in [1.165, 1.54) is 5.56 Å². The topological polar surface area (TPSA) is 35.5 Å². The average Bonchev–Trinajstić information content (AvgIpc) is 3.08. The number of benzene rings is 1. The van der Waals surface area contributed by atoms with E-state index in [1.54, 1.807) is 7.11 Å². The Hall–Kier alpha value is -1.35. The molecule has 19 heavy (non-hydrogen) atoms. The lowest BCUT2D eigenvalue weighted by molar-refractivity contribution is -0.153. The zero-order valence-electron chi connectivity index (χ0n) is 12.2. The lowest BCUT2D eigenvalue weighted by Crippen LogP contribution is -2.24. The molecule has 0 atom stereocenters. The summed E-state index contributed by atoms with van der Waals surface area (Å²) in [6.07, 6.45) is 2.47. The van der Waals surface area contributed by atoms with Crippen LogP contribution in [0.25, 0.3) is 0 Å². The van der Waals surface area contributed by atoms with Crippen molar-refractivity contribution >= 4 is 5.97 Å². The maximum atomic E-state index is 11.7. The van der Waals surface area contributed by atoms with Crippen molar-refractivity contribution in [3.63, 3.8) is 0 Å². The molecule has 1 aromatic rings. The van der Waals surface area contributed by atoms with Gasteiger partial charge in [0.05, 0.1) is 12.0 Å². The third-order valence-electron chi connectivity index (χ3n) is 3.34. The Morgan fingerprint density at radius 2 is 1.79 bits per heavy atom. The molecule has 2 rings (SSSR count). The number of ether oxygens (including phenoxy) is 2. The highest BCUT2D eigenvalue weighted by Crippen LogP contribution is 2.48. The van der Waals surface area contributed by atoms with E-state index in [4.69, 9.17) is 9.47 Å². The molecular weight excluding hydrogens is 240 g/mol. The fourth-order valence-electron chi connectivity index (χ4n) is 2.19. The first-order chi connectivity index (χ1) is 8.85. The van der Waals surface area contributed by atoms with Crippen LogP contribution in [0.4, 0.5) is 0 Å². The van der Waals surface area contributed by atoms with Crippen LogP contribution in [0.15, 0.2) is 24.3 Å². The predicted octanol–water partition coefficient (Wildman–Crippen LogP) is 3.21. The third kappa shape index (κ3) is 3.57. The molecule has 1 fully saturated rings. The van der Waals surface area contributed by atoms with Gasteiger partial charge in [-0.3, -0.25) is 4.79 Å². The van der Waals surface area contributed by atoms with E-state index in [9.17, 15) is 4.79 Å². The zero-order chi connectivity index (χ0) is 14.1. The number of rotatable bonds is 4. The van der Waals surface area contributed by atoms with Gasteiger partial charge in [0.15, 0.2) is 0 Å². The summed E-state index contributed by atoms with van der Waals surface area (Å²) in [7, 11) is 1.75. The van der Waals surface area contributed by atoms with Gasteiger partial charge < -0.3 is 9.47 Å². The summed E-state index contributed by atoms with van der Waals surface area (Å²) >= 11 is 0. The van der Waals surface area contributed by atoms with Crippen LogP contribution < -0.4 is 0 Å². The predicted molar refractivity (Wildman–Crippen MR) is 73.9 cm³/mol. The lowest BCUT2D eigenvalue weighted by Gasteiger charge is -2.19. The van der Waals surface area contributed by atoms with Crippen molar-refractivity contribution in [2.24, 2.45) is 0 Å². The standard InChI is InChI=1S/C16H22O3/c1-15(2,3)19-14(17)11-12-5-7-13(8-6-12)16(18-4)9-10-16/h5-8H,9-11H2,1-4H3. The largest absolute Gasteiger partial charge is 0.460 e. The first kappa shape index (κ1) is 14.1. The first-order valence-corrected chi connectivity index (χ1v) is 6.71. The number of hydrogen-bond donors (Lipinski definition) is 0. The molecule has 0 heterocycles. The minimum absolute atomic E-state index is 0.0650. The molecule has 0 spiro atoms. The van der Waals surface area contributed by atoms with Crippen LogP contribution in [0.2, 0.25) is 0 Å². The number of carbonyl (C=O) groups is 1. The van der Waals surface area contributed by atoms with Crippen molar-refractivity contribution in [2.45, 2.75) is 51.2 Å². The molecule has 0 unspecified atom stereocenters. The van der Waals surface area contributed by atoms with E-state index in [0.717, 1.165) is 18.4 Å². The van der Waals surface area contributed by atoms with Crippen LogP contribution in [0.1, 0.15) is 44.7 Å². The summed E-state index contributed by atoms with van der Waals surface area (Å²) in [4.78, 5) is 11.7. The number of carbonyl (C=O) groups excluding carboxylic acids is 1. The smallest absolute Gasteiger partial charge is 0.310 e. The highest BCUT2D eigenvalue weighted by atomic mass is 16.6. The van der Waals surface area contributed by atoms with Gasteiger partial charge in [0, 0.05) is 7.11 Å². The molecular formula is C16H22O3. The summed E-state index contributed by atoms with van der Waals surface area (Å²) in [6.45, 7) is 5.64. The Morgan fingerprint density at radius 1 is 1.21 bits per heavy atom. The van der Waals surface area contributed by atoms with E-state index in [0.29, 0.717) is 6.42 Å². The first-order valence-electron chi connectivity index (χ1n) is 6.71. The normalized spacial score (nSPS) is 17.1. The maximum Gasteiger partial charge on any atom is 0.310 e. The van der Waals surface area contributed by atoms with Crippen molar-refractivity contribution in [1.82, 2.24) is 0 Å². The summed E-state index contributed by atoms with van der Waals surface area (Å²) in [5.41, 5.74) is 1.68. The molecule has 1 aromatic carbocycles. The molecule has 0 radical (unpaired) electrons. The van der Waals surface area contributed by atoms with Crippen molar-refractivity contribution in [3.8, 4) is 0 Å². The molecule has 0 aromatic heterocycles. The van der Waals surface area contributed by atoms with E-state index >= 15 is 0 Å². The lowest BCUT2D eigenvalue weighted by atomic mass is 10.0. The minimum atomic E-state index is -0.425. The number of methoxy groups -OCH3 is 1. The van der Waals surface area contributed by atoms with Crippen LogP contribution in [0.3, 0.4) is 0 Å². The van der Waals surface area contributed by atoms with E-state index < -0.39 is 5.60 Å². The van der Waals surface area contributed by atoms with Crippen molar-refractivity contribution in [1.29, 1.82) is 0 Å². The minimum Gasteiger partial charge on any atom is -0.460 e. The van der Waals surface area contributed by atoms with Gasteiger partial charge in [0.2, 0.25) is 0 Å². The second kappa shape index (κ2) is 4.97. The van der Waals surface area contributed by atoms with Gasteiger partial charge in [-0.15, -0.1) is 0 Å². The fraction of sp³-hybridized carbons (Fsp3) is 0.562. The summed E-state index contributed by atoms with van der Waals surface area (Å²) in [5.74, 6) is -0.187. The second-order valence-electron chi connectivity index (χ2n) is 6.16. The molecule has 1 saturated carbocycles. The Balaban J connectivity index is 1.98. The molecule has 104 valence electrons. The third-order valence-corrected chi connectivity index (χ3v) is 3.34. The zero-order valence-corrected chi connectivity index (χ0v) is 12.2. The average molecular weight is 262 g/mol. The SMILES string of the molecule is COC1(c2ccc(CC(=O)OC(C)(C)C)cc2)CC1. The Labute approximate surface area is 114 Å². The van der Waals surface area contributed by atoms with Gasteiger partial charge in [0.1, 0.15) is 5.60 Å². The summed E-state index contributed by atoms with van der Waals surface area (Å²) in [5, 5.41) is 0. The monoisotopic (exact) mass is 262 g/mol. The van der Waals surface area contributed by atoms with Crippen molar-refractivity contribution in [2.75, 3.05) is 7.11 Å². The van der Waals surface area contributed by atoms with Crippen LogP contribution in [-0.4, -0.2) is 18.7 Å². The molecule has 1 aliphatic carbocycles. The van der Waals surface area contributed by atoms with Crippen molar-refractivity contribution in [3.05, 3.63) is 35.4 Å². The van der Waals surface area contributed by atoms with Gasteiger partial charge in [-0.2, -0.15) is 0 Å². The molecule has 0 aliphatic heterocycles. The number of esters is 1. The molecule has 0 saturated heterocycles. The van der Waals surface area contributed by atoms with Gasteiger partial charge in [-0.25, -0.2) is 0 Å². The van der Waals surface area contributed by atoms with Gasteiger partial charge in [-0.05, 0) is 44.7 Å². The summed E-state index contributed by atoms with van der Waals surface area (Å²) < 4.78 is 10.8. The summed E-state index contributed by atoms with van der Waals surface area (Å²) in [6, 6.07) is 8.07. The molecule has 0 bridgehead atoms. The molecule has 3 nitrogen and oxygen atoms in total. The van der Waals surface area contributed by atoms with Crippen LogP contribution in [-0.2, 0) is 26.3 Å². The highest BCUT2D eigenvalue weighted by molar-refractivity contribution is 5.73. The highest BCUT2D eigenvalue weighted by Gasteiger charge is 2.44. The second-order valence-corrected chi connectivity index (χ2v) is 6.16. The fourth-order valence-corrected chi connectivity index (χ4v) is 2.19.